The summed E-state index contributed by atoms with van der Waals surface area (Å²) in [5.74, 6) is 0. The lowest BCUT2D eigenvalue weighted by Gasteiger charge is -2.21. The summed E-state index contributed by atoms with van der Waals surface area (Å²) in [5, 5.41) is 4.33. The molecule has 0 unspecified atom stereocenters. The molecule has 0 N–H and O–H groups in total. The lowest BCUT2D eigenvalue weighted by atomic mass is 9.85. The summed E-state index contributed by atoms with van der Waals surface area (Å²) in [6, 6.07) is 18.3. The van der Waals surface area contributed by atoms with Gasteiger partial charge in [-0.15, -0.1) is 0 Å². The number of rotatable bonds is 3. The van der Waals surface area contributed by atoms with Crippen molar-refractivity contribution >= 4 is 40.2 Å². The standard InChI is InChI=1S/C28H25BF2N2/c1-16-14-18(3)32-27(16)26(28-17(2)15-19(4)33(28)29(30)31)25-23-12-8-6-10-21(23)20(5)22-11-7-9-13-24(22)25/h6-15H,1-5H3/b27-26+. The Morgan fingerprint density at radius 1 is 0.818 bits per heavy atom. The fourth-order valence-corrected chi connectivity index (χ4v) is 5.28. The number of nitrogens with zero attached hydrogens (tertiary/aromatic N) is 2. The van der Waals surface area contributed by atoms with Crippen LogP contribution in [0.3, 0.4) is 0 Å². The SMILES string of the molecule is CC1=CC(C)=N/C1=C(\c1c2ccccc2c(C)c2ccccc12)c1c(C)cc(C)n1B(F)F. The maximum absolute atomic E-state index is 14.4. The monoisotopic (exact) mass is 438 g/mol. The molecule has 3 aromatic carbocycles. The van der Waals surface area contributed by atoms with Crippen LogP contribution in [0.1, 0.15) is 41.9 Å². The highest BCUT2D eigenvalue weighted by Gasteiger charge is 2.31. The summed E-state index contributed by atoms with van der Waals surface area (Å²) in [7, 11) is -2.65. The normalized spacial score (nSPS) is 15.2. The van der Waals surface area contributed by atoms with Crippen molar-refractivity contribution in [2.24, 2.45) is 4.99 Å². The van der Waals surface area contributed by atoms with Crippen LogP contribution in [-0.2, 0) is 0 Å². The molecule has 2 heterocycles. The van der Waals surface area contributed by atoms with Gasteiger partial charge in [0.1, 0.15) is 0 Å². The van der Waals surface area contributed by atoms with E-state index in [1.165, 1.54) is 5.56 Å². The van der Waals surface area contributed by atoms with Gasteiger partial charge in [-0.1, -0.05) is 48.5 Å². The maximum Gasteiger partial charge on any atom is 0.677 e. The average molecular weight is 438 g/mol. The highest BCUT2D eigenvalue weighted by molar-refractivity contribution is 6.41. The molecule has 0 atom stereocenters. The second kappa shape index (κ2) is 7.84. The second-order valence-electron chi connectivity index (χ2n) is 8.86. The molecule has 1 aliphatic rings. The molecule has 164 valence electrons. The van der Waals surface area contributed by atoms with E-state index in [0.717, 1.165) is 59.7 Å². The Bertz CT molecular complexity index is 1480. The maximum atomic E-state index is 14.4. The van der Waals surface area contributed by atoms with Gasteiger partial charge in [0.15, 0.2) is 0 Å². The molecule has 1 aliphatic heterocycles. The topological polar surface area (TPSA) is 17.3 Å². The lowest BCUT2D eigenvalue weighted by molar-refractivity contribution is 0.624. The first kappa shape index (κ1) is 21.4. The first-order valence-electron chi connectivity index (χ1n) is 11.1. The third-order valence-corrected chi connectivity index (χ3v) is 6.63. The van der Waals surface area contributed by atoms with E-state index in [0.29, 0.717) is 11.4 Å². The zero-order valence-corrected chi connectivity index (χ0v) is 19.5. The minimum absolute atomic E-state index is 0.530. The number of hydrogen-bond donors (Lipinski definition) is 0. The van der Waals surface area contributed by atoms with E-state index in [1.807, 2.05) is 57.2 Å². The number of aliphatic imine (C=N–C) groups is 1. The number of aromatic nitrogens is 1. The van der Waals surface area contributed by atoms with Gasteiger partial charge in [-0.3, -0.25) is 13.6 Å². The Hall–Kier alpha value is -3.47. The molecule has 0 bridgehead atoms. The zero-order valence-electron chi connectivity index (χ0n) is 19.5. The Morgan fingerprint density at radius 3 is 1.85 bits per heavy atom. The number of benzene rings is 3. The van der Waals surface area contributed by atoms with Crippen LogP contribution in [0.25, 0.3) is 27.1 Å². The highest BCUT2D eigenvalue weighted by atomic mass is 19.2. The number of fused-ring (bicyclic) bond motifs is 2. The molecule has 0 spiro atoms. The fraction of sp³-hybridized carbons (Fsp3) is 0.179. The van der Waals surface area contributed by atoms with Gasteiger partial charge in [-0.05, 0) is 85.0 Å². The summed E-state index contributed by atoms with van der Waals surface area (Å²) < 4.78 is 30.0. The van der Waals surface area contributed by atoms with Crippen molar-refractivity contribution in [2.75, 3.05) is 0 Å². The minimum Gasteiger partial charge on any atom is -0.329 e. The smallest absolute Gasteiger partial charge is 0.329 e. The molecule has 2 nitrogen and oxygen atoms in total. The van der Waals surface area contributed by atoms with Crippen LogP contribution >= 0.6 is 0 Å². The molecule has 5 rings (SSSR count). The molecule has 0 saturated heterocycles. The molecule has 1 aromatic heterocycles. The molecule has 0 fully saturated rings. The van der Waals surface area contributed by atoms with Crippen molar-refractivity contribution in [2.45, 2.75) is 34.6 Å². The Morgan fingerprint density at radius 2 is 1.36 bits per heavy atom. The van der Waals surface area contributed by atoms with Gasteiger partial charge in [0.2, 0.25) is 0 Å². The van der Waals surface area contributed by atoms with Crippen LogP contribution in [-0.4, -0.2) is 17.6 Å². The van der Waals surface area contributed by atoms with Gasteiger partial charge in [0.05, 0.1) is 5.70 Å². The second-order valence-corrected chi connectivity index (χ2v) is 8.86. The predicted molar refractivity (Wildman–Crippen MR) is 136 cm³/mol. The van der Waals surface area contributed by atoms with Crippen molar-refractivity contribution < 1.29 is 8.63 Å². The number of allylic oxidation sites excluding steroid dienone is 2. The Kier molecular flexibility index (Phi) is 5.08. The Labute approximate surface area is 193 Å². The third kappa shape index (κ3) is 3.26. The molecule has 33 heavy (non-hydrogen) atoms. The van der Waals surface area contributed by atoms with Crippen molar-refractivity contribution in [3.63, 3.8) is 0 Å². The van der Waals surface area contributed by atoms with Crippen molar-refractivity contribution in [1.82, 2.24) is 4.48 Å². The van der Waals surface area contributed by atoms with Crippen LogP contribution in [0.2, 0.25) is 0 Å². The van der Waals surface area contributed by atoms with Gasteiger partial charge in [0, 0.05) is 28.2 Å². The number of hydrogen-bond acceptors (Lipinski definition) is 1. The molecule has 0 radical (unpaired) electrons. The number of halogens is 2. The molecule has 0 saturated carbocycles. The van der Waals surface area contributed by atoms with E-state index in [1.54, 1.807) is 6.92 Å². The molecular weight excluding hydrogens is 413 g/mol. The first-order chi connectivity index (χ1) is 15.8. The van der Waals surface area contributed by atoms with Gasteiger partial charge in [0.25, 0.3) is 0 Å². The average Bonchev–Trinajstić information content (AvgIpc) is 3.27. The molecular formula is C28H25BF2N2. The summed E-state index contributed by atoms with van der Waals surface area (Å²) in [5.41, 5.74) is 7.41. The van der Waals surface area contributed by atoms with Crippen LogP contribution in [0.15, 0.2) is 76.9 Å². The quantitative estimate of drug-likeness (QED) is 0.231. The molecule has 0 amide bonds. The van der Waals surface area contributed by atoms with Crippen molar-refractivity contribution in [3.05, 3.63) is 100 Å². The summed E-state index contributed by atoms with van der Waals surface area (Å²) in [4.78, 5) is 4.85. The third-order valence-electron chi connectivity index (χ3n) is 6.63. The lowest BCUT2D eigenvalue weighted by Crippen LogP contribution is -2.18. The van der Waals surface area contributed by atoms with E-state index in [2.05, 4.69) is 31.2 Å². The minimum atomic E-state index is -2.65. The van der Waals surface area contributed by atoms with Crippen LogP contribution in [0, 0.1) is 20.8 Å². The molecule has 0 aliphatic carbocycles. The first-order valence-corrected chi connectivity index (χ1v) is 11.1. The van der Waals surface area contributed by atoms with E-state index >= 15 is 0 Å². The van der Waals surface area contributed by atoms with E-state index in [4.69, 9.17) is 4.99 Å². The molecule has 5 heteroatoms. The predicted octanol–water partition coefficient (Wildman–Crippen LogP) is 7.67. The summed E-state index contributed by atoms with van der Waals surface area (Å²) >= 11 is 0. The number of aryl methyl sites for hydroxylation is 3. The highest BCUT2D eigenvalue weighted by Crippen LogP contribution is 2.44. The van der Waals surface area contributed by atoms with Gasteiger partial charge in [-0.25, -0.2) is 0 Å². The zero-order chi connectivity index (χ0) is 23.4. The van der Waals surface area contributed by atoms with E-state index in [9.17, 15) is 8.63 Å². The van der Waals surface area contributed by atoms with Gasteiger partial charge < -0.3 is 4.48 Å². The summed E-state index contributed by atoms with van der Waals surface area (Å²) in [6.45, 7) is 9.73. The van der Waals surface area contributed by atoms with Crippen molar-refractivity contribution in [1.29, 1.82) is 0 Å². The van der Waals surface area contributed by atoms with Crippen LogP contribution in [0.5, 0.6) is 0 Å². The fourth-order valence-electron chi connectivity index (χ4n) is 5.28. The molecule has 4 aromatic rings. The summed E-state index contributed by atoms with van der Waals surface area (Å²) in [6.07, 6.45) is 2.02. The van der Waals surface area contributed by atoms with Gasteiger partial charge in [-0.2, -0.15) is 0 Å². The van der Waals surface area contributed by atoms with Crippen LogP contribution in [0.4, 0.5) is 8.63 Å². The van der Waals surface area contributed by atoms with Crippen LogP contribution < -0.4 is 0 Å². The largest absolute Gasteiger partial charge is 0.677 e. The Balaban J connectivity index is 2.06. The van der Waals surface area contributed by atoms with E-state index < -0.39 is 7.40 Å². The van der Waals surface area contributed by atoms with Crippen molar-refractivity contribution in [3.8, 4) is 0 Å². The van der Waals surface area contributed by atoms with Gasteiger partial charge >= 0.3 is 7.40 Å². The van der Waals surface area contributed by atoms with E-state index in [-0.39, 0.29) is 0 Å².